The van der Waals surface area contributed by atoms with Crippen LogP contribution in [0.2, 0.25) is 0 Å². The Labute approximate surface area is 180 Å². The van der Waals surface area contributed by atoms with E-state index in [2.05, 4.69) is 9.97 Å². The van der Waals surface area contributed by atoms with Crippen molar-refractivity contribution in [2.24, 2.45) is 0 Å². The molecule has 0 amide bonds. The minimum Gasteiger partial charge on any atom is -0.458 e. The first kappa shape index (κ1) is 21.1. The van der Waals surface area contributed by atoms with E-state index in [1.165, 1.54) is 28.6 Å². The molecule has 1 aliphatic rings. The zero-order valence-electron chi connectivity index (χ0n) is 16.7. The first-order chi connectivity index (χ1) is 15.0. The highest BCUT2D eigenvalue weighted by atomic mass is 32.2. The van der Waals surface area contributed by atoms with Gasteiger partial charge in [0.25, 0.3) is 0 Å². The second-order valence-electron chi connectivity index (χ2n) is 6.89. The number of rotatable bonds is 6. The lowest BCUT2D eigenvalue weighted by Gasteiger charge is -2.26. The van der Waals surface area contributed by atoms with Crippen LogP contribution < -0.4 is 0 Å². The second-order valence-corrected chi connectivity index (χ2v) is 8.83. The molecule has 0 atom stereocenters. The smallest absolute Gasteiger partial charge is 0.331 e. The van der Waals surface area contributed by atoms with E-state index in [-0.39, 0.29) is 11.5 Å². The normalized spacial score (nSPS) is 15.4. The van der Waals surface area contributed by atoms with E-state index in [1.807, 2.05) is 24.3 Å². The van der Waals surface area contributed by atoms with Gasteiger partial charge in [0.15, 0.2) is 0 Å². The maximum atomic E-state index is 12.8. The van der Waals surface area contributed by atoms with Crippen LogP contribution >= 0.6 is 0 Å². The summed E-state index contributed by atoms with van der Waals surface area (Å²) in [5.41, 5.74) is 2.63. The molecular formula is C22H21N3O5S. The highest BCUT2D eigenvalue weighted by Crippen LogP contribution is 2.19. The van der Waals surface area contributed by atoms with Gasteiger partial charge in [-0.15, -0.1) is 0 Å². The largest absolute Gasteiger partial charge is 0.458 e. The van der Waals surface area contributed by atoms with Crippen molar-refractivity contribution in [3.8, 4) is 0 Å². The number of para-hydroxylation sites is 2. The topological polar surface area (TPSA) is 98.7 Å². The van der Waals surface area contributed by atoms with E-state index in [4.69, 9.17) is 9.47 Å². The summed E-state index contributed by atoms with van der Waals surface area (Å²) in [7, 11) is -3.60. The number of aromatic nitrogens is 2. The van der Waals surface area contributed by atoms with Crippen LogP contribution in [0, 0.1) is 0 Å². The predicted octanol–water partition coefficient (Wildman–Crippen LogP) is 2.41. The second kappa shape index (κ2) is 9.34. The fourth-order valence-corrected chi connectivity index (χ4v) is 4.62. The molecule has 2 heterocycles. The van der Waals surface area contributed by atoms with E-state index in [1.54, 1.807) is 18.3 Å². The van der Waals surface area contributed by atoms with Crippen LogP contribution in [-0.2, 0) is 30.9 Å². The van der Waals surface area contributed by atoms with Crippen molar-refractivity contribution in [1.82, 2.24) is 14.3 Å². The maximum absolute atomic E-state index is 12.8. The van der Waals surface area contributed by atoms with Gasteiger partial charge in [0.05, 0.1) is 41.0 Å². The summed E-state index contributed by atoms with van der Waals surface area (Å²) < 4.78 is 37.4. The lowest BCUT2D eigenvalue weighted by atomic mass is 10.2. The van der Waals surface area contributed by atoms with Gasteiger partial charge in [-0.3, -0.25) is 4.98 Å². The number of esters is 1. The van der Waals surface area contributed by atoms with E-state index in [9.17, 15) is 13.2 Å². The van der Waals surface area contributed by atoms with Crippen LogP contribution in [0.15, 0.2) is 65.7 Å². The summed E-state index contributed by atoms with van der Waals surface area (Å²) in [6.07, 6.45) is 4.38. The molecule has 0 N–H and O–H groups in total. The Bertz CT molecular complexity index is 1220. The van der Waals surface area contributed by atoms with Gasteiger partial charge in [0, 0.05) is 19.2 Å². The van der Waals surface area contributed by atoms with Crippen molar-refractivity contribution in [2.75, 3.05) is 26.3 Å². The summed E-state index contributed by atoms with van der Waals surface area (Å²) in [4.78, 5) is 21.0. The molecule has 160 valence electrons. The highest BCUT2D eigenvalue weighted by molar-refractivity contribution is 7.89. The number of ether oxygens (including phenoxy) is 2. The molecule has 0 saturated carbocycles. The highest BCUT2D eigenvalue weighted by Gasteiger charge is 2.26. The Morgan fingerprint density at radius 2 is 1.87 bits per heavy atom. The molecule has 8 nitrogen and oxygen atoms in total. The van der Waals surface area contributed by atoms with Gasteiger partial charge in [-0.25, -0.2) is 18.2 Å². The molecule has 3 aromatic rings. The summed E-state index contributed by atoms with van der Waals surface area (Å²) in [5.74, 6) is -0.559. The Hall–Kier alpha value is -3.14. The van der Waals surface area contributed by atoms with Gasteiger partial charge in [0.2, 0.25) is 10.0 Å². The van der Waals surface area contributed by atoms with Crippen LogP contribution in [-0.4, -0.2) is 55.0 Å². The number of carbonyl (C=O) groups excluding carboxylic acids is 1. The van der Waals surface area contributed by atoms with Crippen molar-refractivity contribution in [3.63, 3.8) is 0 Å². The molecule has 0 aliphatic carbocycles. The number of benzene rings is 2. The quantitative estimate of drug-likeness (QED) is 0.430. The number of nitrogens with zero attached hydrogens (tertiary/aromatic N) is 3. The van der Waals surface area contributed by atoms with Crippen molar-refractivity contribution in [1.29, 1.82) is 0 Å². The van der Waals surface area contributed by atoms with Crippen LogP contribution in [0.3, 0.4) is 0 Å². The van der Waals surface area contributed by atoms with Gasteiger partial charge in [-0.05, 0) is 35.9 Å². The Balaban J connectivity index is 1.39. The predicted molar refractivity (Wildman–Crippen MR) is 114 cm³/mol. The molecule has 0 spiro atoms. The number of hydrogen-bond acceptors (Lipinski definition) is 7. The third-order valence-corrected chi connectivity index (χ3v) is 6.64. The van der Waals surface area contributed by atoms with E-state index in [0.717, 1.165) is 11.0 Å². The third-order valence-electron chi connectivity index (χ3n) is 4.74. The van der Waals surface area contributed by atoms with Crippen molar-refractivity contribution >= 4 is 33.1 Å². The first-order valence-corrected chi connectivity index (χ1v) is 11.2. The summed E-state index contributed by atoms with van der Waals surface area (Å²) in [6, 6.07) is 13.9. The molecule has 0 unspecified atom stereocenters. The minimum atomic E-state index is -3.60. The van der Waals surface area contributed by atoms with E-state index < -0.39 is 16.0 Å². The van der Waals surface area contributed by atoms with Crippen LogP contribution in [0.25, 0.3) is 17.1 Å². The van der Waals surface area contributed by atoms with Crippen LogP contribution in [0.4, 0.5) is 0 Å². The molecule has 0 radical (unpaired) electrons. The monoisotopic (exact) mass is 439 g/mol. The molecule has 31 heavy (non-hydrogen) atoms. The van der Waals surface area contributed by atoms with Gasteiger partial charge in [0.1, 0.15) is 6.61 Å². The fraction of sp³-hybridized carbons (Fsp3) is 0.227. The van der Waals surface area contributed by atoms with Crippen LogP contribution in [0.1, 0.15) is 11.3 Å². The Kier molecular flexibility index (Phi) is 6.36. The van der Waals surface area contributed by atoms with Gasteiger partial charge in [-0.1, -0.05) is 24.3 Å². The maximum Gasteiger partial charge on any atom is 0.331 e. The number of sulfonamides is 1. The number of morpholine rings is 1. The standard InChI is InChI=1S/C22H21N3O5S/c26-22(9-8-18-15-23-20-6-1-2-7-21(20)24-18)30-16-17-4-3-5-19(14-17)31(27,28)25-10-12-29-13-11-25/h1-9,14-15H,10-13,16H2/b9-8+. The fourth-order valence-electron chi connectivity index (χ4n) is 3.14. The molecule has 0 bridgehead atoms. The zero-order chi connectivity index (χ0) is 21.7. The van der Waals surface area contributed by atoms with Crippen molar-refractivity contribution in [2.45, 2.75) is 11.5 Å². The van der Waals surface area contributed by atoms with E-state index in [0.29, 0.717) is 37.6 Å². The number of carbonyl (C=O) groups is 1. The molecule has 1 aliphatic heterocycles. The minimum absolute atomic E-state index is 0.0426. The van der Waals surface area contributed by atoms with Crippen molar-refractivity contribution < 1.29 is 22.7 Å². The molecule has 1 saturated heterocycles. The van der Waals surface area contributed by atoms with Crippen LogP contribution in [0.5, 0.6) is 0 Å². The average Bonchev–Trinajstić information content (AvgIpc) is 2.82. The van der Waals surface area contributed by atoms with Gasteiger partial charge >= 0.3 is 5.97 Å². The molecule has 2 aromatic carbocycles. The third kappa shape index (κ3) is 5.13. The number of hydrogen-bond donors (Lipinski definition) is 0. The summed E-state index contributed by atoms with van der Waals surface area (Å²) in [5, 5.41) is 0. The lowest BCUT2D eigenvalue weighted by Crippen LogP contribution is -2.40. The lowest BCUT2D eigenvalue weighted by molar-refractivity contribution is -0.138. The van der Waals surface area contributed by atoms with Gasteiger partial charge < -0.3 is 9.47 Å². The average molecular weight is 439 g/mol. The Morgan fingerprint density at radius 1 is 1.10 bits per heavy atom. The summed E-state index contributed by atoms with van der Waals surface area (Å²) in [6.45, 7) is 1.36. The van der Waals surface area contributed by atoms with E-state index >= 15 is 0 Å². The zero-order valence-corrected chi connectivity index (χ0v) is 17.5. The summed E-state index contributed by atoms with van der Waals surface area (Å²) >= 11 is 0. The van der Waals surface area contributed by atoms with Crippen molar-refractivity contribution in [3.05, 3.63) is 72.1 Å². The SMILES string of the molecule is O=C(/C=C/c1cnc2ccccc2n1)OCc1cccc(S(=O)(=O)N2CCOCC2)c1. The number of fused-ring (bicyclic) bond motifs is 1. The molecule has 9 heteroatoms. The first-order valence-electron chi connectivity index (χ1n) is 9.76. The molecular weight excluding hydrogens is 418 g/mol. The Morgan fingerprint density at radius 3 is 2.68 bits per heavy atom. The molecule has 1 aromatic heterocycles. The molecule has 4 rings (SSSR count). The molecule has 1 fully saturated rings. The van der Waals surface area contributed by atoms with Gasteiger partial charge in [-0.2, -0.15) is 4.31 Å².